The SMILES string of the molecule is Cc1ccc(OCCN2C(=O)S/C(=C\c3ccc(OCc4ccc(C(=O)O)cc4)c(Cl)c3)C2=O)cc1. The summed E-state index contributed by atoms with van der Waals surface area (Å²) in [4.78, 5) is 37.5. The average Bonchev–Trinajstić information content (AvgIpc) is 3.12. The van der Waals surface area contributed by atoms with Crippen LogP contribution in [-0.4, -0.2) is 40.3 Å². The van der Waals surface area contributed by atoms with Gasteiger partial charge in [-0.15, -0.1) is 0 Å². The summed E-state index contributed by atoms with van der Waals surface area (Å²) in [5.74, 6) is -0.247. The Morgan fingerprint density at radius 2 is 1.75 bits per heavy atom. The molecule has 3 aromatic carbocycles. The van der Waals surface area contributed by atoms with Gasteiger partial charge < -0.3 is 14.6 Å². The van der Waals surface area contributed by atoms with Crippen molar-refractivity contribution in [3.05, 3.63) is 98.9 Å². The van der Waals surface area contributed by atoms with Crippen LogP contribution in [0.25, 0.3) is 6.08 Å². The number of hydrogen-bond donors (Lipinski definition) is 1. The first kappa shape index (κ1) is 25.3. The van der Waals surface area contributed by atoms with E-state index in [0.717, 1.165) is 22.9 Å². The molecule has 1 fully saturated rings. The number of halogens is 1. The molecule has 1 aliphatic rings. The fourth-order valence-corrected chi connectivity index (χ4v) is 4.47. The van der Waals surface area contributed by atoms with Gasteiger partial charge in [0.1, 0.15) is 24.7 Å². The summed E-state index contributed by atoms with van der Waals surface area (Å²) >= 11 is 7.23. The predicted molar refractivity (Wildman–Crippen MR) is 139 cm³/mol. The topological polar surface area (TPSA) is 93.1 Å². The van der Waals surface area contributed by atoms with Crippen LogP contribution in [0, 0.1) is 6.92 Å². The molecule has 0 aromatic heterocycles. The zero-order chi connectivity index (χ0) is 25.7. The molecule has 0 radical (unpaired) electrons. The second kappa shape index (κ2) is 11.3. The number of aryl methyl sites for hydroxylation is 1. The lowest BCUT2D eigenvalue weighted by atomic mass is 10.1. The number of imide groups is 1. The number of nitrogens with zero attached hydrogens (tertiary/aromatic N) is 1. The second-order valence-electron chi connectivity index (χ2n) is 7.98. The molecule has 1 N–H and O–H groups in total. The summed E-state index contributed by atoms with van der Waals surface area (Å²) in [5.41, 5.74) is 2.76. The van der Waals surface area contributed by atoms with E-state index < -0.39 is 5.97 Å². The second-order valence-corrected chi connectivity index (χ2v) is 9.38. The quantitative estimate of drug-likeness (QED) is 0.342. The first-order chi connectivity index (χ1) is 17.3. The molecule has 0 bridgehead atoms. The van der Waals surface area contributed by atoms with E-state index in [2.05, 4.69) is 0 Å². The maximum absolute atomic E-state index is 12.8. The number of ether oxygens (including phenoxy) is 2. The highest BCUT2D eigenvalue weighted by Gasteiger charge is 2.34. The summed E-state index contributed by atoms with van der Waals surface area (Å²) < 4.78 is 11.4. The van der Waals surface area contributed by atoms with Crippen LogP contribution in [0.1, 0.15) is 27.0 Å². The molecular weight excluding hydrogens is 502 g/mol. The van der Waals surface area contributed by atoms with Crippen LogP contribution < -0.4 is 9.47 Å². The summed E-state index contributed by atoms with van der Waals surface area (Å²) in [7, 11) is 0. The zero-order valence-corrected chi connectivity index (χ0v) is 20.8. The molecule has 1 aliphatic heterocycles. The molecule has 4 rings (SSSR count). The largest absolute Gasteiger partial charge is 0.492 e. The number of hydrogen-bond acceptors (Lipinski definition) is 6. The molecule has 1 saturated heterocycles. The summed E-state index contributed by atoms with van der Waals surface area (Å²) in [6.45, 7) is 2.54. The minimum absolute atomic E-state index is 0.150. The molecule has 1 heterocycles. The van der Waals surface area contributed by atoms with E-state index in [1.807, 2.05) is 31.2 Å². The molecule has 36 heavy (non-hydrogen) atoms. The van der Waals surface area contributed by atoms with Gasteiger partial charge in [-0.3, -0.25) is 14.5 Å². The molecule has 2 amide bonds. The van der Waals surface area contributed by atoms with Crippen molar-refractivity contribution >= 4 is 46.6 Å². The fourth-order valence-electron chi connectivity index (χ4n) is 3.36. The third kappa shape index (κ3) is 6.27. The van der Waals surface area contributed by atoms with Crippen LogP contribution >= 0.6 is 23.4 Å². The highest BCUT2D eigenvalue weighted by atomic mass is 35.5. The van der Waals surface area contributed by atoms with Gasteiger partial charge in [0.05, 0.1) is 22.0 Å². The number of rotatable bonds is 9. The maximum Gasteiger partial charge on any atom is 0.335 e. The van der Waals surface area contributed by atoms with Crippen LogP contribution in [0.15, 0.2) is 71.6 Å². The number of aromatic carboxylic acids is 1. The van der Waals surface area contributed by atoms with Crippen molar-refractivity contribution in [1.29, 1.82) is 0 Å². The molecule has 9 heteroatoms. The normalized spacial score (nSPS) is 14.4. The highest BCUT2D eigenvalue weighted by Crippen LogP contribution is 2.34. The van der Waals surface area contributed by atoms with Crippen molar-refractivity contribution in [2.75, 3.05) is 13.2 Å². The van der Waals surface area contributed by atoms with Gasteiger partial charge in [-0.2, -0.15) is 0 Å². The van der Waals surface area contributed by atoms with E-state index in [1.165, 1.54) is 17.0 Å². The monoisotopic (exact) mass is 523 g/mol. The summed E-state index contributed by atoms with van der Waals surface area (Å²) in [6, 6.07) is 19.0. The van der Waals surface area contributed by atoms with E-state index in [4.69, 9.17) is 26.2 Å². The van der Waals surface area contributed by atoms with Gasteiger partial charge in [0.15, 0.2) is 0 Å². The molecule has 0 aliphatic carbocycles. The lowest BCUT2D eigenvalue weighted by Gasteiger charge is -2.13. The Balaban J connectivity index is 1.34. The van der Waals surface area contributed by atoms with Crippen molar-refractivity contribution in [2.24, 2.45) is 0 Å². The van der Waals surface area contributed by atoms with Crippen LogP contribution in [0.5, 0.6) is 11.5 Å². The lowest BCUT2D eigenvalue weighted by Crippen LogP contribution is -2.32. The van der Waals surface area contributed by atoms with Gasteiger partial charge in [-0.05, 0) is 72.3 Å². The fraction of sp³-hybridized carbons (Fsp3) is 0.148. The van der Waals surface area contributed by atoms with E-state index in [-0.39, 0.29) is 36.5 Å². The van der Waals surface area contributed by atoms with E-state index in [9.17, 15) is 14.4 Å². The summed E-state index contributed by atoms with van der Waals surface area (Å²) in [5, 5.41) is 8.98. The Kier molecular flexibility index (Phi) is 7.97. The van der Waals surface area contributed by atoms with Crippen LogP contribution in [0.4, 0.5) is 4.79 Å². The van der Waals surface area contributed by atoms with Gasteiger partial charge in [0, 0.05) is 0 Å². The molecule has 0 saturated carbocycles. The predicted octanol–water partition coefficient (Wildman–Crippen LogP) is 6.04. The maximum atomic E-state index is 12.8. The number of thioether (sulfide) groups is 1. The van der Waals surface area contributed by atoms with E-state index >= 15 is 0 Å². The molecule has 0 unspecified atom stereocenters. The van der Waals surface area contributed by atoms with Crippen molar-refractivity contribution in [3.63, 3.8) is 0 Å². The molecule has 0 atom stereocenters. The Hall–Kier alpha value is -3.75. The standard InChI is InChI=1S/C27H22ClNO6S/c1-17-2-9-21(10-3-17)34-13-12-29-25(30)24(36-27(29)33)15-19-6-11-23(22(28)14-19)35-16-18-4-7-20(8-5-18)26(31)32/h2-11,14-15H,12-13,16H2,1H3,(H,31,32)/b24-15-. The smallest absolute Gasteiger partial charge is 0.335 e. The first-order valence-electron chi connectivity index (χ1n) is 11.0. The molecule has 0 spiro atoms. The minimum atomic E-state index is -0.991. The third-order valence-corrected chi connectivity index (χ3v) is 6.53. The minimum Gasteiger partial charge on any atom is -0.492 e. The number of carbonyl (C=O) groups is 3. The van der Waals surface area contributed by atoms with Crippen molar-refractivity contribution in [3.8, 4) is 11.5 Å². The molecule has 7 nitrogen and oxygen atoms in total. The average molecular weight is 524 g/mol. The number of benzene rings is 3. The number of carbonyl (C=O) groups excluding carboxylic acids is 2. The number of amides is 2. The number of carboxylic acids is 1. The molecule has 3 aromatic rings. The summed E-state index contributed by atoms with van der Waals surface area (Å²) in [6.07, 6.45) is 1.62. The number of carboxylic acid groups (broad SMARTS) is 1. The van der Waals surface area contributed by atoms with Gasteiger partial charge in [0.25, 0.3) is 11.1 Å². The molecular formula is C27H22ClNO6S. The highest BCUT2D eigenvalue weighted by molar-refractivity contribution is 8.18. The van der Waals surface area contributed by atoms with Crippen molar-refractivity contribution < 1.29 is 29.0 Å². The first-order valence-corrected chi connectivity index (χ1v) is 12.2. The van der Waals surface area contributed by atoms with Crippen LogP contribution in [0.3, 0.4) is 0 Å². The zero-order valence-electron chi connectivity index (χ0n) is 19.3. The Morgan fingerprint density at radius 3 is 2.42 bits per heavy atom. The van der Waals surface area contributed by atoms with Gasteiger partial charge in [-0.1, -0.05) is 47.5 Å². The van der Waals surface area contributed by atoms with Crippen molar-refractivity contribution in [2.45, 2.75) is 13.5 Å². The Morgan fingerprint density at radius 1 is 1.03 bits per heavy atom. The van der Waals surface area contributed by atoms with Gasteiger partial charge >= 0.3 is 5.97 Å². The van der Waals surface area contributed by atoms with E-state index in [0.29, 0.717) is 27.0 Å². The van der Waals surface area contributed by atoms with Gasteiger partial charge in [-0.25, -0.2) is 4.79 Å². The van der Waals surface area contributed by atoms with Crippen molar-refractivity contribution in [1.82, 2.24) is 4.90 Å². The van der Waals surface area contributed by atoms with Gasteiger partial charge in [0.2, 0.25) is 0 Å². The third-order valence-electron chi connectivity index (χ3n) is 5.33. The van der Waals surface area contributed by atoms with Crippen LogP contribution in [0.2, 0.25) is 5.02 Å². The van der Waals surface area contributed by atoms with Crippen LogP contribution in [-0.2, 0) is 11.4 Å². The lowest BCUT2D eigenvalue weighted by molar-refractivity contribution is -0.123. The molecule has 184 valence electrons. The Labute approximate surface area is 217 Å². The van der Waals surface area contributed by atoms with E-state index in [1.54, 1.807) is 36.4 Å². The Bertz CT molecular complexity index is 1320.